The fourth-order valence-electron chi connectivity index (χ4n) is 1.49. The third-order valence-corrected chi connectivity index (χ3v) is 2.39. The molecule has 0 unspecified atom stereocenters. The van der Waals surface area contributed by atoms with Crippen LogP contribution in [-0.2, 0) is 0 Å². The molecule has 2 rings (SSSR count). The van der Waals surface area contributed by atoms with Gasteiger partial charge in [0.1, 0.15) is 11.8 Å². The van der Waals surface area contributed by atoms with Crippen LogP contribution in [0, 0.1) is 0 Å². The summed E-state index contributed by atoms with van der Waals surface area (Å²) in [5, 5.41) is 0. The topological polar surface area (TPSA) is 91.2 Å². The molecule has 1 aliphatic rings. The number of hydrogen-bond donors (Lipinski definition) is 2. The molecule has 1 heterocycles. The Balaban J connectivity index is 2.02. The highest BCUT2D eigenvalue weighted by atomic mass is 16.5. The summed E-state index contributed by atoms with van der Waals surface area (Å²) in [5.41, 5.74) is 10.9. The zero-order valence-electron chi connectivity index (χ0n) is 8.22. The highest BCUT2D eigenvalue weighted by Crippen LogP contribution is 2.23. The minimum absolute atomic E-state index is 0.121. The molecular formula is C10H13N3O2. The van der Waals surface area contributed by atoms with Gasteiger partial charge >= 0.3 is 0 Å². The van der Waals surface area contributed by atoms with E-state index in [2.05, 4.69) is 4.98 Å². The predicted octanol–water partition coefficient (Wildman–Crippen LogP) is 0.0490. The van der Waals surface area contributed by atoms with Gasteiger partial charge in [0.25, 0.3) is 5.91 Å². The van der Waals surface area contributed by atoms with Crippen LogP contribution in [0.5, 0.6) is 5.88 Å². The number of aromatic nitrogens is 1. The van der Waals surface area contributed by atoms with Crippen molar-refractivity contribution in [1.29, 1.82) is 0 Å². The Kier molecular flexibility index (Phi) is 2.55. The first-order valence-electron chi connectivity index (χ1n) is 4.84. The number of amides is 1. The van der Waals surface area contributed by atoms with Gasteiger partial charge in [0.2, 0.25) is 5.88 Å². The number of nitrogens with zero attached hydrogens (tertiary/aromatic N) is 1. The van der Waals surface area contributed by atoms with Crippen molar-refractivity contribution in [2.75, 3.05) is 0 Å². The quantitative estimate of drug-likeness (QED) is 0.732. The Morgan fingerprint density at radius 2 is 2.20 bits per heavy atom. The molecule has 1 aliphatic carbocycles. The summed E-state index contributed by atoms with van der Waals surface area (Å²) in [4.78, 5) is 14.8. The van der Waals surface area contributed by atoms with E-state index in [1.807, 2.05) is 0 Å². The van der Waals surface area contributed by atoms with Crippen LogP contribution in [0.4, 0.5) is 0 Å². The van der Waals surface area contributed by atoms with Gasteiger partial charge in [0.05, 0.1) is 0 Å². The molecule has 0 radical (unpaired) electrons. The van der Waals surface area contributed by atoms with E-state index in [9.17, 15) is 4.79 Å². The number of carbonyl (C=O) groups excluding carboxylic acids is 1. The lowest BCUT2D eigenvalue weighted by Gasteiger charge is -2.32. The molecule has 15 heavy (non-hydrogen) atoms. The number of primary amides is 1. The van der Waals surface area contributed by atoms with Gasteiger partial charge in [-0.15, -0.1) is 0 Å². The van der Waals surface area contributed by atoms with E-state index in [4.69, 9.17) is 16.2 Å². The van der Waals surface area contributed by atoms with Crippen molar-refractivity contribution in [2.45, 2.75) is 25.0 Å². The first-order chi connectivity index (χ1) is 7.15. The van der Waals surface area contributed by atoms with Crippen LogP contribution >= 0.6 is 0 Å². The molecule has 5 heteroatoms. The normalized spacial score (nSPS) is 24.3. The highest BCUT2D eigenvalue weighted by molar-refractivity contribution is 5.90. The molecule has 4 N–H and O–H groups in total. The molecule has 0 atom stereocenters. The Hall–Kier alpha value is -1.62. The molecule has 0 aliphatic heterocycles. The highest BCUT2D eigenvalue weighted by Gasteiger charge is 2.27. The van der Waals surface area contributed by atoms with E-state index >= 15 is 0 Å². The Labute approximate surface area is 87.4 Å². The molecule has 1 amide bonds. The van der Waals surface area contributed by atoms with Gasteiger partial charge in [-0.3, -0.25) is 4.79 Å². The summed E-state index contributed by atoms with van der Waals surface area (Å²) in [6.45, 7) is 0. The van der Waals surface area contributed by atoms with Crippen LogP contribution < -0.4 is 16.2 Å². The maximum atomic E-state index is 10.9. The maximum Gasteiger partial charge on any atom is 0.267 e. The largest absolute Gasteiger partial charge is 0.474 e. The lowest BCUT2D eigenvalue weighted by Crippen LogP contribution is -2.43. The van der Waals surface area contributed by atoms with E-state index in [0.717, 1.165) is 12.8 Å². The lowest BCUT2D eigenvalue weighted by molar-refractivity contribution is 0.0930. The Morgan fingerprint density at radius 3 is 2.80 bits per heavy atom. The van der Waals surface area contributed by atoms with Crippen LogP contribution in [0.25, 0.3) is 0 Å². The van der Waals surface area contributed by atoms with E-state index in [0.29, 0.717) is 5.88 Å². The second-order valence-corrected chi connectivity index (χ2v) is 3.70. The molecule has 1 saturated carbocycles. The zero-order valence-corrected chi connectivity index (χ0v) is 8.22. The predicted molar refractivity (Wildman–Crippen MR) is 54.4 cm³/mol. The molecule has 80 valence electrons. The molecule has 0 spiro atoms. The summed E-state index contributed by atoms with van der Waals surface area (Å²) in [5.74, 6) is -0.117. The standard InChI is InChI=1S/C10H13N3O2/c11-6-4-7(5-6)15-9-3-1-2-8(13-9)10(12)14/h1-3,6-7H,4-5,11H2,(H2,12,14). The van der Waals surface area contributed by atoms with Gasteiger partial charge in [0, 0.05) is 12.1 Å². The van der Waals surface area contributed by atoms with Crippen LogP contribution in [0.15, 0.2) is 18.2 Å². The minimum atomic E-state index is -0.550. The van der Waals surface area contributed by atoms with E-state index < -0.39 is 5.91 Å². The fraction of sp³-hybridized carbons (Fsp3) is 0.400. The van der Waals surface area contributed by atoms with Gasteiger partial charge in [-0.05, 0) is 18.9 Å². The Morgan fingerprint density at radius 1 is 1.47 bits per heavy atom. The summed E-state index contributed by atoms with van der Waals surface area (Å²) in [6.07, 6.45) is 1.79. The molecular weight excluding hydrogens is 194 g/mol. The summed E-state index contributed by atoms with van der Waals surface area (Å²) in [7, 11) is 0. The molecule has 5 nitrogen and oxygen atoms in total. The van der Waals surface area contributed by atoms with Crippen molar-refractivity contribution >= 4 is 5.91 Å². The molecule has 1 fully saturated rings. The van der Waals surface area contributed by atoms with Crippen LogP contribution in [0.3, 0.4) is 0 Å². The van der Waals surface area contributed by atoms with Crippen molar-refractivity contribution in [1.82, 2.24) is 4.98 Å². The minimum Gasteiger partial charge on any atom is -0.474 e. The number of ether oxygens (including phenoxy) is 1. The monoisotopic (exact) mass is 207 g/mol. The van der Waals surface area contributed by atoms with E-state index in [1.54, 1.807) is 18.2 Å². The smallest absolute Gasteiger partial charge is 0.267 e. The van der Waals surface area contributed by atoms with Crippen molar-refractivity contribution in [3.63, 3.8) is 0 Å². The SMILES string of the molecule is NC(=O)c1cccc(OC2CC(N)C2)n1. The van der Waals surface area contributed by atoms with Gasteiger partial charge in [-0.25, -0.2) is 4.98 Å². The van der Waals surface area contributed by atoms with Crippen molar-refractivity contribution in [3.05, 3.63) is 23.9 Å². The first kappa shape index (κ1) is 9.92. The average Bonchev–Trinajstić information content (AvgIpc) is 2.16. The van der Waals surface area contributed by atoms with E-state index in [1.165, 1.54) is 0 Å². The second-order valence-electron chi connectivity index (χ2n) is 3.70. The van der Waals surface area contributed by atoms with Crippen molar-refractivity contribution in [2.24, 2.45) is 11.5 Å². The lowest BCUT2D eigenvalue weighted by atomic mass is 9.90. The first-order valence-corrected chi connectivity index (χ1v) is 4.84. The van der Waals surface area contributed by atoms with Crippen molar-refractivity contribution < 1.29 is 9.53 Å². The fourth-order valence-corrected chi connectivity index (χ4v) is 1.49. The number of hydrogen-bond acceptors (Lipinski definition) is 4. The van der Waals surface area contributed by atoms with Crippen molar-refractivity contribution in [3.8, 4) is 5.88 Å². The molecule has 0 bridgehead atoms. The molecule has 1 aromatic heterocycles. The molecule has 1 aromatic rings. The van der Waals surface area contributed by atoms with Gasteiger partial charge in [-0.1, -0.05) is 6.07 Å². The second kappa shape index (κ2) is 3.86. The number of pyridine rings is 1. The third-order valence-electron chi connectivity index (χ3n) is 2.39. The number of rotatable bonds is 3. The van der Waals surface area contributed by atoms with Crippen LogP contribution in [0.1, 0.15) is 23.3 Å². The Bertz CT molecular complexity index is 375. The van der Waals surface area contributed by atoms with E-state index in [-0.39, 0.29) is 17.8 Å². The van der Waals surface area contributed by atoms with Crippen LogP contribution in [-0.4, -0.2) is 23.0 Å². The van der Waals surface area contributed by atoms with Gasteiger partial charge < -0.3 is 16.2 Å². The summed E-state index contributed by atoms with van der Waals surface area (Å²) < 4.78 is 5.51. The third kappa shape index (κ3) is 2.24. The zero-order chi connectivity index (χ0) is 10.8. The molecule has 0 saturated heterocycles. The summed E-state index contributed by atoms with van der Waals surface area (Å²) in [6, 6.07) is 5.19. The van der Waals surface area contributed by atoms with Gasteiger partial charge in [0.15, 0.2) is 0 Å². The number of carbonyl (C=O) groups is 1. The average molecular weight is 207 g/mol. The molecule has 0 aromatic carbocycles. The summed E-state index contributed by atoms with van der Waals surface area (Å²) >= 11 is 0. The maximum absolute atomic E-state index is 10.9. The number of nitrogens with two attached hydrogens (primary N) is 2. The van der Waals surface area contributed by atoms with Gasteiger partial charge in [-0.2, -0.15) is 0 Å². The van der Waals surface area contributed by atoms with Crippen LogP contribution in [0.2, 0.25) is 0 Å².